The van der Waals surface area contributed by atoms with E-state index in [9.17, 15) is 9.59 Å². The predicted octanol–water partition coefficient (Wildman–Crippen LogP) is 2.25. The maximum atomic E-state index is 12.1. The number of hydrogen-bond acceptors (Lipinski definition) is 5. The molecule has 2 aromatic rings. The average molecular weight is 415 g/mol. The average Bonchev–Trinajstić information content (AvgIpc) is 3.41. The standard InChI is InChI=1S/C20H26N6O2S/c27-17(9-5-4-8-15-18-14(12-29-15)21-20(28)24-18)23-19-22-16(25-26-19)11-10-13-6-2-1-3-7-13/h1-3,6-7,14-15,18H,4-5,8-12H2,(H2,21,24,28)(H2,22,23,25,26,27)/t14-,15-,18-/m0/s1. The minimum atomic E-state index is -0.0635. The van der Waals surface area contributed by atoms with Crippen LogP contribution in [-0.4, -0.2) is 50.2 Å². The first-order valence-electron chi connectivity index (χ1n) is 10.1. The van der Waals surface area contributed by atoms with Crippen molar-refractivity contribution in [1.82, 2.24) is 25.8 Å². The van der Waals surface area contributed by atoms with Crippen molar-refractivity contribution in [3.8, 4) is 0 Å². The lowest BCUT2D eigenvalue weighted by Gasteiger charge is -2.16. The highest BCUT2D eigenvalue weighted by molar-refractivity contribution is 8.00. The number of benzene rings is 1. The van der Waals surface area contributed by atoms with Crippen LogP contribution in [-0.2, 0) is 17.6 Å². The zero-order valence-electron chi connectivity index (χ0n) is 16.2. The molecule has 0 bridgehead atoms. The van der Waals surface area contributed by atoms with Gasteiger partial charge in [-0.3, -0.25) is 15.2 Å². The van der Waals surface area contributed by atoms with E-state index in [2.05, 4.69) is 43.3 Å². The number of H-pyrrole nitrogens is 1. The van der Waals surface area contributed by atoms with E-state index in [1.807, 2.05) is 30.0 Å². The summed E-state index contributed by atoms with van der Waals surface area (Å²) in [7, 11) is 0. The van der Waals surface area contributed by atoms with E-state index < -0.39 is 0 Å². The summed E-state index contributed by atoms with van der Waals surface area (Å²) >= 11 is 1.90. The van der Waals surface area contributed by atoms with Crippen LogP contribution in [0.25, 0.3) is 0 Å². The van der Waals surface area contributed by atoms with Crippen LogP contribution in [0.4, 0.5) is 10.7 Å². The molecule has 29 heavy (non-hydrogen) atoms. The van der Waals surface area contributed by atoms with E-state index in [1.165, 1.54) is 5.56 Å². The number of thioether (sulfide) groups is 1. The molecule has 154 valence electrons. The number of fused-ring (bicyclic) bond motifs is 1. The Labute approximate surface area is 174 Å². The number of carbonyl (C=O) groups is 2. The van der Waals surface area contributed by atoms with Crippen molar-refractivity contribution >= 4 is 29.6 Å². The fraction of sp³-hybridized carbons (Fsp3) is 0.500. The molecule has 2 saturated heterocycles. The highest BCUT2D eigenvalue weighted by atomic mass is 32.2. The third kappa shape index (κ3) is 5.29. The van der Waals surface area contributed by atoms with Gasteiger partial charge in [0.25, 0.3) is 0 Å². The number of unbranched alkanes of at least 4 members (excludes halogenated alkanes) is 1. The first kappa shape index (κ1) is 19.8. The Morgan fingerprint density at radius 3 is 2.90 bits per heavy atom. The molecule has 3 atom stereocenters. The van der Waals surface area contributed by atoms with Gasteiger partial charge in [0.1, 0.15) is 5.82 Å². The first-order valence-corrected chi connectivity index (χ1v) is 11.2. The maximum Gasteiger partial charge on any atom is 0.315 e. The van der Waals surface area contributed by atoms with E-state index >= 15 is 0 Å². The fourth-order valence-electron chi connectivity index (χ4n) is 3.83. The number of aromatic amines is 1. The number of hydrogen-bond donors (Lipinski definition) is 4. The molecule has 0 spiro atoms. The topological polar surface area (TPSA) is 112 Å². The second-order valence-electron chi connectivity index (χ2n) is 7.51. The minimum absolute atomic E-state index is 0.0562. The van der Waals surface area contributed by atoms with Gasteiger partial charge in [0.05, 0.1) is 12.1 Å². The Bertz CT molecular complexity index is 843. The molecule has 9 heteroatoms. The van der Waals surface area contributed by atoms with Crippen LogP contribution in [0.15, 0.2) is 30.3 Å². The maximum absolute atomic E-state index is 12.1. The Morgan fingerprint density at radius 1 is 1.17 bits per heavy atom. The molecule has 0 saturated carbocycles. The van der Waals surface area contributed by atoms with Crippen LogP contribution < -0.4 is 16.0 Å². The molecule has 0 aliphatic carbocycles. The monoisotopic (exact) mass is 414 g/mol. The Hall–Kier alpha value is -2.55. The van der Waals surface area contributed by atoms with Crippen LogP contribution in [0.1, 0.15) is 37.1 Å². The van der Waals surface area contributed by atoms with Gasteiger partial charge in [0, 0.05) is 23.8 Å². The lowest BCUT2D eigenvalue weighted by molar-refractivity contribution is -0.116. The number of carbonyl (C=O) groups excluding carboxylic acids is 2. The first-order chi connectivity index (χ1) is 14.2. The zero-order chi connectivity index (χ0) is 20.1. The Kier molecular flexibility index (Phi) is 6.33. The van der Waals surface area contributed by atoms with Gasteiger partial charge < -0.3 is 10.6 Å². The number of anilines is 1. The van der Waals surface area contributed by atoms with Gasteiger partial charge in [-0.2, -0.15) is 16.7 Å². The van der Waals surface area contributed by atoms with Crippen LogP contribution >= 0.6 is 11.8 Å². The second kappa shape index (κ2) is 9.30. The molecule has 2 fully saturated rings. The van der Waals surface area contributed by atoms with Crippen molar-refractivity contribution in [3.05, 3.63) is 41.7 Å². The van der Waals surface area contributed by atoms with Crippen molar-refractivity contribution in [2.45, 2.75) is 55.9 Å². The normalized spacial score (nSPS) is 22.8. The highest BCUT2D eigenvalue weighted by Gasteiger charge is 2.42. The molecule has 8 nitrogen and oxygen atoms in total. The van der Waals surface area contributed by atoms with Crippen molar-refractivity contribution in [1.29, 1.82) is 0 Å². The predicted molar refractivity (Wildman–Crippen MR) is 113 cm³/mol. The number of nitrogens with one attached hydrogen (secondary N) is 4. The summed E-state index contributed by atoms with van der Waals surface area (Å²) < 4.78 is 0. The molecule has 4 N–H and O–H groups in total. The van der Waals surface area contributed by atoms with Gasteiger partial charge in [0.2, 0.25) is 11.9 Å². The van der Waals surface area contributed by atoms with Gasteiger partial charge in [-0.25, -0.2) is 4.79 Å². The smallest absolute Gasteiger partial charge is 0.315 e. The summed E-state index contributed by atoms with van der Waals surface area (Å²) in [5.74, 6) is 2.01. The van der Waals surface area contributed by atoms with Gasteiger partial charge in [0.15, 0.2) is 0 Å². The number of nitrogens with zero attached hydrogens (tertiary/aromatic N) is 2. The van der Waals surface area contributed by atoms with E-state index in [4.69, 9.17) is 0 Å². The molecule has 2 aliphatic heterocycles. The zero-order valence-corrected chi connectivity index (χ0v) is 17.0. The van der Waals surface area contributed by atoms with Gasteiger partial charge in [-0.05, 0) is 24.8 Å². The summed E-state index contributed by atoms with van der Waals surface area (Å²) in [5, 5.41) is 16.1. The number of amides is 3. The van der Waals surface area contributed by atoms with Crippen LogP contribution in [0.5, 0.6) is 0 Å². The minimum Gasteiger partial charge on any atom is -0.332 e. The highest BCUT2D eigenvalue weighted by Crippen LogP contribution is 2.33. The van der Waals surface area contributed by atoms with E-state index in [0.29, 0.717) is 17.6 Å². The summed E-state index contributed by atoms with van der Waals surface area (Å²) in [5.41, 5.74) is 1.24. The molecule has 1 aromatic carbocycles. The molecular formula is C20H26N6O2S. The van der Waals surface area contributed by atoms with Crippen molar-refractivity contribution in [2.75, 3.05) is 11.1 Å². The quantitative estimate of drug-likeness (QED) is 0.371. The van der Waals surface area contributed by atoms with Crippen molar-refractivity contribution in [2.24, 2.45) is 0 Å². The van der Waals surface area contributed by atoms with Crippen LogP contribution in [0, 0.1) is 0 Å². The van der Waals surface area contributed by atoms with E-state index in [1.54, 1.807) is 0 Å². The van der Waals surface area contributed by atoms with Gasteiger partial charge in [-0.15, -0.1) is 5.10 Å². The fourth-order valence-corrected chi connectivity index (χ4v) is 5.38. The Morgan fingerprint density at radius 2 is 2.03 bits per heavy atom. The SMILES string of the molecule is O=C(CCCC[C@@H]1SC[C@@H]2NC(=O)N[C@@H]21)Nc1n[nH]c(CCc2ccccc2)n1. The lowest BCUT2D eigenvalue weighted by atomic mass is 10.0. The molecular weight excluding hydrogens is 388 g/mol. The molecule has 0 radical (unpaired) electrons. The molecule has 3 heterocycles. The van der Waals surface area contributed by atoms with Crippen LogP contribution in [0.2, 0.25) is 0 Å². The summed E-state index contributed by atoms with van der Waals surface area (Å²) in [6, 6.07) is 10.6. The van der Waals surface area contributed by atoms with Crippen molar-refractivity contribution < 1.29 is 9.59 Å². The molecule has 0 unspecified atom stereocenters. The summed E-state index contributed by atoms with van der Waals surface area (Å²) in [4.78, 5) is 27.9. The molecule has 4 rings (SSSR count). The third-order valence-electron chi connectivity index (χ3n) is 5.36. The summed E-state index contributed by atoms with van der Waals surface area (Å²) in [6.45, 7) is 0. The van der Waals surface area contributed by atoms with E-state index in [0.717, 1.165) is 43.7 Å². The Balaban J connectivity index is 1.13. The number of aryl methyl sites for hydroxylation is 2. The van der Waals surface area contributed by atoms with E-state index in [-0.39, 0.29) is 24.0 Å². The van der Waals surface area contributed by atoms with Gasteiger partial charge >= 0.3 is 6.03 Å². The third-order valence-corrected chi connectivity index (χ3v) is 6.87. The summed E-state index contributed by atoms with van der Waals surface area (Å²) in [6.07, 6.45) is 4.85. The molecule has 2 aliphatic rings. The number of urea groups is 1. The lowest BCUT2D eigenvalue weighted by Crippen LogP contribution is -2.36. The van der Waals surface area contributed by atoms with Gasteiger partial charge in [-0.1, -0.05) is 36.8 Å². The number of rotatable bonds is 9. The van der Waals surface area contributed by atoms with Crippen molar-refractivity contribution in [3.63, 3.8) is 0 Å². The van der Waals surface area contributed by atoms with Crippen LogP contribution in [0.3, 0.4) is 0 Å². The largest absolute Gasteiger partial charge is 0.332 e. The number of aromatic nitrogens is 3. The molecule has 1 aromatic heterocycles. The second-order valence-corrected chi connectivity index (χ2v) is 8.78. The molecule has 3 amide bonds.